The van der Waals surface area contributed by atoms with Crippen LogP contribution in [0.3, 0.4) is 0 Å². The van der Waals surface area contributed by atoms with Crippen molar-refractivity contribution in [1.82, 2.24) is 4.90 Å². The highest BCUT2D eigenvalue weighted by Gasteiger charge is 2.48. The van der Waals surface area contributed by atoms with Gasteiger partial charge in [0.25, 0.3) is 16.0 Å². The molecule has 9 heteroatoms. The number of ether oxygens (including phenoxy) is 3. The summed E-state index contributed by atoms with van der Waals surface area (Å²) in [4.78, 5) is 13.0. The predicted molar refractivity (Wildman–Crippen MR) is 60.1 cm³/mol. The van der Waals surface area contributed by atoms with E-state index < -0.39 is 22.3 Å². The molecule has 0 radical (unpaired) electrons. The Morgan fingerprint density at radius 3 is 2.44 bits per heavy atom. The van der Waals surface area contributed by atoms with Crippen LogP contribution in [0.1, 0.15) is 0 Å². The molecule has 8 nitrogen and oxygen atoms in total. The third-order valence-corrected chi connectivity index (χ3v) is 2.93. The Kier molecular flexibility index (Phi) is 5.47. The van der Waals surface area contributed by atoms with Gasteiger partial charge in [-0.2, -0.15) is 8.42 Å². The quantitative estimate of drug-likeness (QED) is 0.313. The number of nitrogens with zero attached hydrogens (tertiary/aromatic N) is 1. The maximum Gasteiger partial charge on any atom is 0.264 e. The van der Waals surface area contributed by atoms with Crippen LogP contribution in [0.4, 0.5) is 0 Å². The maximum absolute atomic E-state index is 11.7. The molecule has 0 spiro atoms. The molecule has 0 aliphatic carbocycles. The molecule has 0 aromatic rings. The van der Waals surface area contributed by atoms with Gasteiger partial charge in [0.2, 0.25) is 0 Å². The number of methoxy groups -OCH3 is 2. The van der Waals surface area contributed by atoms with E-state index in [0.717, 1.165) is 6.26 Å². The first-order chi connectivity index (χ1) is 8.40. The Morgan fingerprint density at radius 1 is 1.28 bits per heavy atom. The summed E-state index contributed by atoms with van der Waals surface area (Å²) in [5.41, 5.74) is 0. The Morgan fingerprint density at radius 2 is 1.94 bits per heavy atom. The van der Waals surface area contributed by atoms with Crippen LogP contribution in [0.25, 0.3) is 0 Å². The van der Waals surface area contributed by atoms with Crippen molar-refractivity contribution in [3.63, 3.8) is 0 Å². The van der Waals surface area contributed by atoms with E-state index in [9.17, 15) is 13.2 Å². The second-order valence-electron chi connectivity index (χ2n) is 3.78. The highest BCUT2D eigenvalue weighted by molar-refractivity contribution is 7.85. The van der Waals surface area contributed by atoms with Crippen molar-refractivity contribution in [3.8, 4) is 0 Å². The standard InChI is InChI=1S/C9H17NO7S/c1-14-5-10-7(4-17-18(3,12)13)8(9(10)11)16-6-15-2/h7-8H,4-6H2,1-3H3/t7-,8+/m0/s1. The number of carbonyl (C=O) groups excluding carboxylic acids is 1. The summed E-state index contributed by atoms with van der Waals surface area (Å²) in [6.45, 7) is -0.154. The number of hydrogen-bond donors (Lipinski definition) is 0. The van der Waals surface area contributed by atoms with Gasteiger partial charge in [0.05, 0.1) is 18.9 Å². The molecule has 1 saturated heterocycles. The number of rotatable bonds is 8. The number of carbonyl (C=O) groups is 1. The summed E-state index contributed by atoms with van der Waals surface area (Å²) in [7, 11) is -0.697. The molecule has 106 valence electrons. The molecule has 1 aliphatic heterocycles. The van der Waals surface area contributed by atoms with Crippen LogP contribution < -0.4 is 0 Å². The largest absolute Gasteiger partial charge is 0.364 e. The summed E-state index contributed by atoms with van der Waals surface area (Å²) in [5, 5.41) is 0. The van der Waals surface area contributed by atoms with E-state index in [1.165, 1.54) is 19.1 Å². The van der Waals surface area contributed by atoms with Crippen LogP contribution in [-0.2, 0) is 33.3 Å². The molecule has 1 heterocycles. The predicted octanol–water partition coefficient (Wildman–Crippen LogP) is -1.23. The number of hydrogen-bond acceptors (Lipinski definition) is 7. The number of β-lactam (4-membered cyclic amide) rings is 1. The fraction of sp³-hybridized carbons (Fsp3) is 0.889. The minimum absolute atomic E-state index is 0.0490. The van der Waals surface area contributed by atoms with Gasteiger partial charge in [-0.15, -0.1) is 0 Å². The molecular formula is C9H17NO7S. The maximum atomic E-state index is 11.7. The summed E-state index contributed by atoms with van der Waals surface area (Å²) in [6, 6.07) is -0.498. The van der Waals surface area contributed by atoms with Crippen LogP contribution in [-0.4, -0.2) is 72.0 Å². The van der Waals surface area contributed by atoms with Crippen LogP contribution in [0.15, 0.2) is 0 Å². The molecule has 1 fully saturated rings. The van der Waals surface area contributed by atoms with Gasteiger partial charge in [0.15, 0.2) is 6.10 Å². The van der Waals surface area contributed by atoms with E-state index in [-0.39, 0.29) is 26.0 Å². The first-order valence-corrected chi connectivity index (χ1v) is 6.96. The van der Waals surface area contributed by atoms with Gasteiger partial charge < -0.3 is 19.1 Å². The van der Waals surface area contributed by atoms with Gasteiger partial charge in [0, 0.05) is 14.2 Å². The fourth-order valence-electron chi connectivity index (χ4n) is 1.57. The molecule has 0 bridgehead atoms. The van der Waals surface area contributed by atoms with E-state index in [1.807, 2.05) is 0 Å². The monoisotopic (exact) mass is 283 g/mol. The highest BCUT2D eigenvalue weighted by Crippen LogP contribution is 2.23. The van der Waals surface area contributed by atoms with Crippen molar-refractivity contribution < 1.29 is 31.6 Å². The number of likely N-dealkylation sites (tertiary alicyclic amines) is 1. The van der Waals surface area contributed by atoms with Crippen molar-refractivity contribution in [3.05, 3.63) is 0 Å². The van der Waals surface area contributed by atoms with Gasteiger partial charge in [-0.3, -0.25) is 8.98 Å². The molecule has 0 saturated carbocycles. The minimum atomic E-state index is -3.56. The lowest BCUT2D eigenvalue weighted by atomic mass is 10.00. The fourth-order valence-corrected chi connectivity index (χ4v) is 1.95. The molecule has 0 aromatic carbocycles. The summed E-state index contributed by atoms with van der Waals surface area (Å²) in [5.74, 6) is -0.281. The third kappa shape index (κ3) is 3.89. The Hall–Kier alpha value is -0.740. The highest BCUT2D eigenvalue weighted by atomic mass is 32.2. The second-order valence-corrected chi connectivity index (χ2v) is 5.42. The molecule has 18 heavy (non-hydrogen) atoms. The second kappa shape index (κ2) is 6.43. The number of amides is 1. The van der Waals surface area contributed by atoms with Crippen LogP contribution in [0, 0.1) is 0 Å². The zero-order chi connectivity index (χ0) is 13.8. The summed E-state index contributed by atoms with van der Waals surface area (Å²) < 4.78 is 41.2. The molecule has 0 aromatic heterocycles. The molecule has 1 rings (SSSR count). The topological polar surface area (TPSA) is 91.4 Å². The van der Waals surface area contributed by atoms with Crippen molar-refractivity contribution in [2.75, 3.05) is 40.6 Å². The van der Waals surface area contributed by atoms with Gasteiger partial charge in [-0.1, -0.05) is 0 Å². The molecule has 2 atom stereocenters. The zero-order valence-corrected chi connectivity index (χ0v) is 11.3. The summed E-state index contributed by atoms with van der Waals surface area (Å²) >= 11 is 0. The molecule has 0 unspecified atom stereocenters. The van der Waals surface area contributed by atoms with E-state index >= 15 is 0 Å². The Bertz CT molecular complexity index is 382. The Labute approximate surface area is 106 Å². The van der Waals surface area contributed by atoms with Crippen LogP contribution >= 0.6 is 0 Å². The van der Waals surface area contributed by atoms with Gasteiger partial charge >= 0.3 is 0 Å². The third-order valence-electron chi connectivity index (χ3n) is 2.36. The smallest absolute Gasteiger partial charge is 0.264 e. The zero-order valence-electron chi connectivity index (χ0n) is 10.5. The molecule has 1 amide bonds. The van der Waals surface area contributed by atoms with E-state index in [2.05, 4.69) is 4.18 Å². The van der Waals surface area contributed by atoms with E-state index in [1.54, 1.807) is 0 Å². The Balaban J connectivity index is 2.58. The van der Waals surface area contributed by atoms with Crippen molar-refractivity contribution in [2.24, 2.45) is 0 Å². The van der Waals surface area contributed by atoms with Gasteiger partial charge in [-0.05, 0) is 0 Å². The lowest BCUT2D eigenvalue weighted by Crippen LogP contribution is -2.67. The van der Waals surface area contributed by atoms with Gasteiger partial charge in [0.1, 0.15) is 13.5 Å². The van der Waals surface area contributed by atoms with Crippen molar-refractivity contribution in [1.29, 1.82) is 0 Å². The van der Waals surface area contributed by atoms with Crippen molar-refractivity contribution in [2.45, 2.75) is 12.1 Å². The van der Waals surface area contributed by atoms with Crippen molar-refractivity contribution >= 4 is 16.0 Å². The van der Waals surface area contributed by atoms with Crippen LogP contribution in [0.5, 0.6) is 0 Å². The van der Waals surface area contributed by atoms with Gasteiger partial charge in [-0.25, -0.2) is 0 Å². The molecule has 0 N–H and O–H groups in total. The first kappa shape index (κ1) is 15.3. The minimum Gasteiger partial charge on any atom is -0.364 e. The lowest BCUT2D eigenvalue weighted by Gasteiger charge is -2.45. The molecular weight excluding hydrogens is 266 g/mol. The van der Waals surface area contributed by atoms with E-state index in [4.69, 9.17) is 14.2 Å². The first-order valence-electron chi connectivity index (χ1n) is 5.15. The normalized spacial score (nSPS) is 24.2. The average molecular weight is 283 g/mol. The molecule has 1 aliphatic rings. The van der Waals surface area contributed by atoms with E-state index in [0.29, 0.717) is 0 Å². The average Bonchev–Trinajstić information content (AvgIpc) is 2.29. The summed E-state index contributed by atoms with van der Waals surface area (Å²) in [6.07, 6.45) is 0.181. The van der Waals surface area contributed by atoms with Crippen LogP contribution in [0.2, 0.25) is 0 Å². The SMILES string of the molecule is COCO[C@H]1C(=O)N(COC)[C@H]1COS(C)(=O)=O. The lowest BCUT2D eigenvalue weighted by molar-refractivity contribution is -0.199.